The van der Waals surface area contributed by atoms with E-state index in [0.717, 1.165) is 55.7 Å². The molecule has 1 aliphatic carbocycles. The molecule has 53 heavy (non-hydrogen) atoms. The SMILES string of the molecule is CN1CCN(c2ncc(-c3cccc(C[C@H](N)C(=O)N(c4ccc(-c5nnn[nH]5)cc4)C(=O)[C@H]4CC[C@H](CNC(=O)OC(C)(C)C)CC4)c3)cn2)CC1. The normalized spacial score (nSPS) is 18.6. The topological polar surface area (TPSA) is 188 Å². The molecule has 2 fully saturated rings. The minimum absolute atomic E-state index is 0.202. The molecule has 1 aliphatic heterocycles. The van der Waals surface area contributed by atoms with E-state index in [1.807, 2.05) is 57.4 Å². The number of alkyl carbamates (subject to hydrolysis) is 1. The summed E-state index contributed by atoms with van der Waals surface area (Å²) in [6, 6.07) is 13.8. The Labute approximate surface area is 309 Å². The number of benzene rings is 2. The second kappa shape index (κ2) is 16.6. The number of imide groups is 1. The lowest BCUT2D eigenvalue weighted by Gasteiger charge is -2.32. The van der Waals surface area contributed by atoms with Crippen molar-refractivity contribution in [3.63, 3.8) is 0 Å². The van der Waals surface area contributed by atoms with Crippen molar-refractivity contribution in [2.24, 2.45) is 17.6 Å². The summed E-state index contributed by atoms with van der Waals surface area (Å²) >= 11 is 0. The van der Waals surface area contributed by atoms with Crippen LogP contribution in [0.5, 0.6) is 0 Å². The molecule has 1 saturated heterocycles. The Balaban J connectivity index is 1.14. The van der Waals surface area contributed by atoms with Crippen molar-refractivity contribution in [2.45, 2.75) is 64.5 Å². The van der Waals surface area contributed by atoms with Gasteiger partial charge < -0.3 is 25.6 Å². The number of carbonyl (C=O) groups is 3. The molecular weight excluding hydrogens is 674 g/mol. The van der Waals surface area contributed by atoms with Gasteiger partial charge in [0.15, 0.2) is 5.82 Å². The summed E-state index contributed by atoms with van der Waals surface area (Å²) in [6.45, 7) is 9.64. The van der Waals surface area contributed by atoms with Gasteiger partial charge in [0.25, 0.3) is 5.91 Å². The zero-order chi connectivity index (χ0) is 37.5. The smallest absolute Gasteiger partial charge is 0.407 e. The number of tetrazole rings is 1. The maximum atomic E-state index is 14.2. The highest BCUT2D eigenvalue weighted by Crippen LogP contribution is 2.32. The third-order valence-corrected chi connectivity index (χ3v) is 9.77. The molecule has 1 atom stereocenters. The van der Waals surface area contributed by atoms with Gasteiger partial charge in [-0.05, 0) is 112 Å². The van der Waals surface area contributed by atoms with Crippen molar-refractivity contribution in [3.8, 4) is 22.5 Å². The molecule has 0 radical (unpaired) electrons. The number of aromatic amines is 1. The van der Waals surface area contributed by atoms with Gasteiger partial charge in [0.2, 0.25) is 11.9 Å². The van der Waals surface area contributed by atoms with Crippen LogP contribution in [0.15, 0.2) is 60.9 Å². The zero-order valence-corrected chi connectivity index (χ0v) is 30.9. The Morgan fingerprint density at radius 3 is 2.30 bits per heavy atom. The van der Waals surface area contributed by atoms with Gasteiger partial charge in [-0.3, -0.25) is 9.59 Å². The summed E-state index contributed by atoms with van der Waals surface area (Å²) in [6.07, 6.45) is 6.04. The van der Waals surface area contributed by atoms with E-state index in [4.69, 9.17) is 10.5 Å². The molecule has 3 amide bonds. The lowest BCUT2D eigenvalue weighted by atomic mass is 9.81. The predicted molar refractivity (Wildman–Crippen MR) is 201 cm³/mol. The molecule has 2 aromatic carbocycles. The van der Waals surface area contributed by atoms with Gasteiger partial charge in [-0.15, -0.1) is 5.10 Å². The first-order chi connectivity index (χ1) is 25.4. The first kappa shape index (κ1) is 37.5. The molecule has 15 nitrogen and oxygen atoms in total. The van der Waals surface area contributed by atoms with Gasteiger partial charge in [-0.25, -0.2) is 24.8 Å². The second-order valence-corrected chi connectivity index (χ2v) is 15.0. The number of aromatic nitrogens is 6. The van der Waals surface area contributed by atoms with Crippen LogP contribution in [0, 0.1) is 11.8 Å². The van der Waals surface area contributed by atoms with E-state index in [1.54, 1.807) is 24.3 Å². The first-order valence-corrected chi connectivity index (χ1v) is 18.2. The lowest BCUT2D eigenvalue weighted by molar-refractivity contribution is -0.130. The monoisotopic (exact) mass is 723 g/mol. The summed E-state index contributed by atoms with van der Waals surface area (Å²) < 4.78 is 5.37. The van der Waals surface area contributed by atoms with Gasteiger partial charge in [-0.2, -0.15) is 0 Å². The minimum atomic E-state index is -0.988. The van der Waals surface area contributed by atoms with Gasteiger partial charge in [0, 0.05) is 62.2 Å². The lowest BCUT2D eigenvalue weighted by Crippen LogP contribution is -2.50. The van der Waals surface area contributed by atoms with E-state index in [2.05, 4.69) is 52.8 Å². The highest BCUT2D eigenvalue weighted by atomic mass is 16.6. The Bertz CT molecular complexity index is 1830. The Morgan fingerprint density at radius 1 is 0.962 bits per heavy atom. The van der Waals surface area contributed by atoms with Crippen molar-refractivity contribution in [1.82, 2.24) is 40.8 Å². The second-order valence-electron chi connectivity index (χ2n) is 15.0. The fourth-order valence-electron chi connectivity index (χ4n) is 6.78. The molecular formula is C38H49N11O4. The van der Waals surface area contributed by atoms with Crippen molar-refractivity contribution in [3.05, 3.63) is 66.5 Å². The molecule has 2 aliphatic rings. The third-order valence-electron chi connectivity index (χ3n) is 9.77. The number of piperazine rings is 1. The number of ether oxygens (including phenoxy) is 1. The maximum absolute atomic E-state index is 14.2. The number of nitrogens with two attached hydrogens (primary N) is 1. The molecule has 4 N–H and O–H groups in total. The van der Waals surface area contributed by atoms with E-state index in [1.165, 1.54) is 4.90 Å². The van der Waals surface area contributed by atoms with Crippen LogP contribution in [0.3, 0.4) is 0 Å². The number of rotatable bonds is 10. The van der Waals surface area contributed by atoms with E-state index in [-0.39, 0.29) is 24.2 Å². The summed E-state index contributed by atoms with van der Waals surface area (Å²) in [5.41, 5.74) is 9.81. The van der Waals surface area contributed by atoms with Crippen molar-refractivity contribution in [1.29, 1.82) is 0 Å². The zero-order valence-electron chi connectivity index (χ0n) is 30.9. The van der Waals surface area contributed by atoms with Gasteiger partial charge in [0.1, 0.15) is 5.60 Å². The van der Waals surface area contributed by atoms with Crippen molar-refractivity contribution in [2.75, 3.05) is 49.6 Å². The minimum Gasteiger partial charge on any atom is -0.444 e. The number of carbonyl (C=O) groups excluding carboxylic acids is 3. The Hall–Kier alpha value is -5.28. The molecule has 15 heteroatoms. The van der Waals surface area contributed by atoms with Gasteiger partial charge in [-0.1, -0.05) is 24.3 Å². The number of hydrogen-bond donors (Lipinski definition) is 3. The average molecular weight is 724 g/mol. The van der Waals surface area contributed by atoms with Crippen LogP contribution in [0.25, 0.3) is 22.5 Å². The van der Waals surface area contributed by atoms with Crippen LogP contribution in [-0.2, 0) is 20.7 Å². The molecule has 2 aromatic heterocycles. The number of likely N-dealkylation sites (N-methyl/N-ethyl adjacent to an activating group) is 1. The fourth-order valence-corrected chi connectivity index (χ4v) is 6.78. The Kier molecular flexibility index (Phi) is 11.7. The molecule has 0 bridgehead atoms. The van der Waals surface area contributed by atoms with E-state index < -0.39 is 23.6 Å². The third kappa shape index (κ3) is 9.78. The van der Waals surface area contributed by atoms with Crippen LogP contribution < -0.4 is 20.9 Å². The molecule has 0 unspecified atom stereocenters. The largest absolute Gasteiger partial charge is 0.444 e. The van der Waals surface area contributed by atoms with E-state index >= 15 is 0 Å². The van der Waals surface area contributed by atoms with E-state index in [0.29, 0.717) is 42.4 Å². The molecule has 0 spiro atoms. The number of nitrogens with zero attached hydrogens (tertiary/aromatic N) is 8. The summed E-state index contributed by atoms with van der Waals surface area (Å²) in [7, 11) is 2.11. The molecule has 280 valence electrons. The number of anilines is 2. The van der Waals surface area contributed by atoms with Crippen LogP contribution in [0.4, 0.5) is 16.4 Å². The quantitative estimate of drug-likeness (QED) is 0.215. The van der Waals surface area contributed by atoms with Crippen LogP contribution >= 0.6 is 0 Å². The van der Waals surface area contributed by atoms with Gasteiger partial charge >= 0.3 is 6.09 Å². The maximum Gasteiger partial charge on any atom is 0.407 e. The summed E-state index contributed by atoms with van der Waals surface area (Å²) in [5.74, 6) is 0.238. The summed E-state index contributed by atoms with van der Waals surface area (Å²) in [5, 5.41) is 16.8. The highest BCUT2D eigenvalue weighted by molar-refractivity contribution is 6.17. The molecule has 3 heterocycles. The molecule has 6 rings (SSSR count). The number of nitrogens with one attached hydrogen (secondary N) is 2. The summed E-state index contributed by atoms with van der Waals surface area (Å²) in [4.78, 5) is 55.6. The van der Waals surface area contributed by atoms with Crippen LogP contribution in [-0.4, -0.2) is 105 Å². The standard InChI is InChI=1S/C38H49N11O4/c1-38(2,3)53-37(52)42-22-25-8-10-28(11-9-25)34(50)49(31-14-12-27(13-15-31)33-43-45-46-44-33)35(51)32(39)21-26-6-5-7-29(20-26)30-23-40-36(41-24-30)48-18-16-47(4)17-19-48/h5-7,12-15,20,23-25,28,32H,8-11,16-19,21-22,39H2,1-4H3,(H,42,52)(H,43,44,45,46)/t25-,28-,32-/m0/s1. The number of H-pyrrole nitrogens is 1. The number of hydrogen-bond acceptors (Lipinski definition) is 12. The average Bonchev–Trinajstić information content (AvgIpc) is 3.70. The highest BCUT2D eigenvalue weighted by Gasteiger charge is 2.35. The van der Waals surface area contributed by atoms with Crippen molar-refractivity contribution < 1.29 is 19.1 Å². The number of amides is 3. The van der Waals surface area contributed by atoms with Crippen molar-refractivity contribution >= 4 is 29.5 Å². The van der Waals surface area contributed by atoms with Gasteiger partial charge in [0.05, 0.1) is 11.7 Å². The molecule has 1 saturated carbocycles. The van der Waals surface area contributed by atoms with E-state index in [9.17, 15) is 14.4 Å². The van der Waals surface area contributed by atoms with Crippen LogP contribution in [0.1, 0.15) is 52.0 Å². The predicted octanol–water partition coefficient (Wildman–Crippen LogP) is 3.84. The molecule has 4 aromatic rings. The van der Waals surface area contributed by atoms with Crippen LogP contribution in [0.2, 0.25) is 0 Å². The fraction of sp³-hybridized carbons (Fsp3) is 0.474. The Morgan fingerprint density at radius 2 is 1.66 bits per heavy atom. The first-order valence-electron chi connectivity index (χ1n) is 18.2.